The first-order valence-electron chi connectivity index (χ1n) is 9.37. The summed E-state index contributed by atoms with van der Waals surface area (Å²) in [6.45, 7) is 8.91. The van der Waals surface area contributed by atoms with Crippen molar-refractivity contribution in [3.05, 3.63) is 75.7 Å². The molecule has 0 bridgehead atoms. The molecule has 3 nitrogen and oxygen atoms in total. The Morgan fingerprint density at radius 3 is 2.52 bits per heavy atom. The molecule has 0 atom stereocenters. The highest BCUT2D eigenvalue weighted by Gasteiger charge is 2.06. The Kier molecular flexibility index (Phi) is 6.95. The molecule has 0 radical (unpaired) electrons. The van der Waals surface area contributed by atoms with Crippen LogP contribution in [0.1, 0.15) is 19.4 Å². The van der Waals surface area contributed by atoms with Crippen molar-refractivity contribution in [3.8, 4) is 0 Å². The summed E-state index contributed by atoms with van der Waals surface area (Å²) >= 11 is 12.6. The predicted molar refractivity (Wildman–Crippen MR) is 116 cm³/mol. The lowest BCUT2D eigenvalue weighted by atomic mass is 10.1. The van der Waals surface area contributed by atoms with Gasteiger partial charge in [-0.15, -0.1) is 0 Å². The molecule has 142 valence electrons. The molecule has 0 amide bonds. The minimum atomic E-state index is 0.691. The van der Waals surface area contributed by atoms with Gasteiger partial charge in [0.2, 0.25) is 0 Å². The molecular formula is C22H25Cl2N3. The number of benzene rings is 2. The van der Waals surface area contributed by atoms with Crippen molar-refractivity contribution in [1.82, 2.24) is 9.47 Å². The van der Waals surface area contributed by atoms with Gasteiger partial charge in [0, 0.05) is 34.7 Å². The van der Waals surface area contributed by atoms with Crippen LogP contribution < -0.4 is 5.36 Å². The average Bonchev–Trinajstić information content (AvgIpc) is 2.68. The Balaban J connectivity index is 1.98. The molecule has 3 rings (SSSR count). The summed E-state index contributed by atoms with van der Waals surface area (Å²) in [5, 5.41) is 3.60. The summed E-state index contributed by atoms with van der Waals surface area (Å²) in [5.41, 5.74) is 2.14. The number of halogens is 2. The van der Waals surface area contributed by atoms with Gasteiger partial charge in [0.1, 0.15) is 0 Å². The first kappa shape index (κ1) is 19.9. The lowest BCUT2D eigenvalue weighted by Crippen LogP contribution is -2.26. The topological polar surface area (TPSA) is 20.5 Å². The van der Waals surface area contributed by atoms with E-state index in [1.165, 1.54) is 0 Å². The molecule has 0 N–H and O–H groups in total. The van der Waals surface area contributed by atoms with Crippen molar-refractivity contribution in [2.24, 2.45) is 4.99 Å². The van der Waals surface area contributed by atoms with Crippen molar-refractivity contribution in [2.75, 3.05) is 26.2 Å². The zero-order valence-electron chi connectivity index (χ0n) is 15.8. The number of fused-ring (bicyclic) bond motifs is 1. The molecule has 27 heavy (non-hydrogen) atoms. The van der Waals surface area contributed by atoms with Gasteiger partial charge in [-0.2, -0.15) is 0 Å². The normalized spacial score (nSPS) is 12.3. The molecule has 0 aliphatic heterocycles. The van der Waals surface area contributed by atoms with Gasteiger partial charge in [-0.25, -0.2) is 0 Å². The highest BCUT2D eigenvalue weighted by molar-refractivity contribution is 6.31. The van der Waals surface area contributed by atoms with Crippen LogP contribution in [0.4, 0.5) is 0 Å². The van der Waals surface area contributed by atoms with Crippen LogP contribution in [-0.2, 0) is 6.54 Å². The SMILES string of the molecule is CCN(CC)CCN=c1ccn(Cc2ccccc2Cl)c2cc(Cl)ccc12. The fraction of sp³-hybridized carbons (Fsp3) is 0.318. The van der Waals surface area contributed by atoms with Gasteiger partial charge in [-0.3, -0.25) is 4.99 Å². The molecule has 0 saturated heterocycles. The maximum absolute atomic E-state index is 6.35. The average molecular weight is 402 g/mol. The van der Waals surface area contributed by atoms with E-state index >= 15 is 0 Å². The molecular weight excluding hydrogens is 377 g/mol. The van der Waals surface area contributed by atoms with Gasteiger partial charge in [-0.1, -0.05) is 55.2 Å². The van der Waals surface area contributed by atoms with Crippen LogP contribution in [0.2, 0.25) is 10.0 Å². The summed E-state index contributed by atoms with van der Waals surface area (Å²) in [4.78, 5) is 7.22. The van der Waals surface area contributed by atoms with Crippen molar-refractivity contribution < 1.29 is 0 Å². The maximum Gasteiger partial charge on any atom is 0.0682 e. The Morgan fingerprint density at radius 2 is 1.78 bits per heavy atom. The fourth-order valence-corrected chi connectivity index (χ4v) is 3.59. The molecule has 2 aromatic carbocycles. The number of rotatable bonds is 7. The summed E-state index contributed by atoms with van der Waals surface area (Å²) in [6.07, 6.45) is 2.07. The van der Waals surface area contributed by atoms with Crippen molar-refractivity contribution >= 4 is 34.1 Å². The summed E-state index contributed by atoms with van der Waals surface area (Å²) in [5.74, 6) is 0. The van der Waals surface area contributed by atoms with Crippen LogP contribution in [0.25, 0.3) is 10.9 Å². The zero-order chi connectivity index (χ0) is 19.2. The number of likely N-dealkylation sites (N-methyl/N-ethyl adjacent to an activating group) is 1. The minimum absolute atomic E-state index is 0.691. The number of pyridine rings is 1. The second-order valence-electron chi connectivity index (χ2n) is 6.49. The molecule has 0 fully saturated rings. The monoisotopic (exact) mass is 401 g/mol. The van der Waals surface area contributed by atoms with Crippen LogP contribution in [-0.4, -0.2) is 35.6 Å². The van der Waals surface area contributed by atoms with Crippen molar-refractivity contribution in [1.29, 1.82) is 0 Å². The number of aromatic nitrogens is 1. The highest BCUT2D eigenvalue weighted by atomic mass is 35.5. The molecule has 1 heterocycles. The van der Waals surface area contributed by atoms with Crippen LogP contribution in [0, 0.1) is 0 Å². The van der Waals surface area contributed by atoms with Crippen molar-refractivity contribution in [2.45, 2.75) is 20.4 Å². The van der Waals surface area contributed by atoms with Gasteiger partial charge in [0.05, 0.1) is 17.4 Å². The summed E-state index contributed by atoms with van der Waals surface area (Å²) in [7, 11) is 0. The maximum atomic E-state index is 6.35. The Morgan fingerprint density at radius 1 is 1.00 bits per heavy atom. The van der Waals surface area contributed by atoms with Crippen LogP contribution in [0.15, 0.2) is 59.7 Å². The largest absolute Gasteiger partial charge is 0.343 e. The third-order valence-corrected chi connectivity index (χ3v) is 5.45. The number of nitrogens with zero attached hydrogens (tertiary/aromatic N) is 3. The van der Waals surface area contributed by atoms with Gasteiger partial charge in [0.25, 0.3) is 0 Å². The van der Waals surface area contributed by atoms with Crippen LogP contribution in [0.5, 0.6) is 0 Å². The van der Waals surface area contributed by atoms with Gasteiger partial charge >= 0.3 is 0 Å². The van der Waals surface area contributed by atoms with E-state index in [4.69, 9.17) is 28.2 Å². The smallest absolute Gasteiger partial charge is 0.0682 e. The highest BCUT2D eigenvalue weighted by Crippen LogP contribution is 2.21. The predicted octanol–water partition coefficient (Wildman–Crippen LogP) is 5.24. The van der Waals surface area contributed by atoms with E-state index in [2.05, 4.69) is 41.6 Å². The van der Waals surface area contributed by atoms with E-state index in [1.54, 1.807) is 0 Å². The first-order valence-corrected chi connectivity index (χ1v) is 10.1. The van der Waals surface area contributed by atoms with E-state index in [-0.39, 0.29) is 0 Å². The first-order chi connectivity index (χ1) is 13.1. The van der Waals surface area contributed by atoms with E-state index in [0.29, 0.717) is 6.54 Å². The molecule has 0 unspecified atom stereocenters. The molecule has 0 aliphatic carbocycles. The van der Waals surface area contributed by atoms with Gasteiger partial charge in [-0.05, 0) is 49.0 Å². The third kappa shape index (κ3) is 4.92. The molecule has 1 aromatic heterocycles. The van der Waals surface area contributed by atoms with E-state index in [9.17, 15) is 0 Å². The second-order valence-corrected chi connectivity index (χ2v) is 7.33. The molecule has 0 saturated carbocycles. The zero-order valence-corrected chi connectivity index (χ0v) is 17.3. The third-order valence-electron chi connectivity index (χ3n) is 4.85. The lowest BCUT2D eigenvalue weighted by Gasteiger charge is -2.16. The van der Waals surface area contributed by atoms with Crippen LogP contribution in [0.3, 0.4) is 0 Å². The Bertz CT molecular complexity index is 975. The lowest BCUT2D eigenvalue weighted by molar-refractivity contribution is 0.312. The summed E-state index contributed by atoms with van der Waals surface area (Å²) < 4.78 is 2.17. The van der Waals surface area contributed by atoms with Gasteiger partial charge in [0.15, 0.2) is 0 Å². The minimum Gasteiger partial charge on any atom is -0.343 e. The van der Waals surface area contributed by atoms with E-state index in [0.717, 1.165) is 58.0 Å². The van der Waals surface area contributed by atoms with E-state index in [1.807, 2.05) is 36.4 Å². The molecule has 0 spiro atoms. The van der Waals surface area contributed by atoms with Crippen LogP contribution >= 0.6 is 23.2 Å². The molecule has 5 heteroatoms. The number of hydrogen-bond acceptors (Lipinski definition) is 2. The number of hydrogen-bond donors (Lipinski definition) is 0. The Labute approximate surface area is 170 Å². The second kappa shape index (κ2) is 9.41. The molecule has 0 aliphatic rings. The molecule has 3 aromatic rings. The fourth-order valence-electron chi connectivity index (χ4n) is 3.23. The summed E-state index contributed by atoms with van der Waals surface area (Å²) in [6, 6.07) is 16.0. The standard InChI is InChI=1S/C22H25Cl2N3/c1-3-26(4-2)14-12-25-21-11-13-27(16-17-7-5-6-8-20(17)24)22-15-18(23)9-10-19(21)22/h5-11,13,15H,3-4,12,14,16H2,1-2H3. The van der Waals surface area contributed by atoms with E-state index < -0.39 is 0 Å². The quantitative estimate of drug-likeness (QED) is 0.530. The van der Waals surface area contributed by atoms with Crippen molar-refractivity contribution in [3.63, 3.8) is 0 Å². The van der Waals surface area contributed by atoms with Gasteiger partial charge < -0.3 is 9.47 Å². The Hall–Kier alpha value is -1.81.